The zero-order chi connectivity index (χ0) is 17.8. The van der Waals surface area contributed by atoms with E-state index in [9.17, 15) is 9.18 Å². The molecule has 0 aliphatic carbocycles. The van der Waals surface area contributed by atoms with Gasteiger partial charge in [-0.15, -0.1) is 0 Å². The molecule has 0 saturated carbocycles. The highest BCUT2D eigenvalue weighted by molar-refractivity contribution is 6.31. The molecule has 0 atom stereocenters. The number of hydrogen-bond donors (Lipinski definition) is 2. The minimum atomic E-state index is -0.912. The topological polar surface area (TPSA) is 87.6 Å². The second kappa shape index (κ2) is 7.52. The van der Waals surface area contributed by atoms with E-state index in [1.807, 2.05) is 0 Å². The molecule has 2 N–H and O–H groups in total. The number of aromatic nitrogens is 2. The largest absolute Gasteiger partial charge is 0.474 e. The first-order chi connectivity index (χ1) is 12.0. The molecule has 1 fully saturated rings. The van der Waals surface area contributed by atoms with Gasteiger partial charge in [-0.05, 0) is 18.2 Å². The van der Waals surface area contributed by atoms with Gasteiger partial charge in [-0.3, -0.25) is 0 Å². The second-order valence-corrected chi connectivity index (χ2v) is 5.99. The van der Waals surface area contributed by atoms with Gasteiger partial charge < -0.3 is 20.1 Å². The number of halogens is 2. The fourth-order valence-electron chi connectivity index (χ4n) is 2.53. The van der Waals surface area contributed by atoms with Crippen molar-refractivity contribution in [2.24, 2.45) is 0 Å². The van der Waals surface area contributed by atoms with Crippen molar-refractivity contribution in [3.8, 4) is 5.88 Å². The molecule has 25 heavy (non-hydrogen) atoms. The summed E-state index contributed by atoms with van der Waals surface area (Å²) in [6.45, 7) is 0.870. The number of ether oxygens (including phenoxy) is 1. The third-order valence-electron chi connectivity index (χ3n) is 3.83. The lowest BCUT2D eigenvalue weighted by Crippen LogP contribution is -2.41. The smallest absolute Gasteiger partial charge is 0.407 e. The zero-order valence-corrected chi connectivity index (χ0v) is 13.9. The lowest BCUT2D eigenvalue weighted by atomic mass is 10.1. The van der Waals surface area contributed by atoms with E-state index in [-0.39, 0.29) is 11.1 Å². The molecule has 132 valence electrons. The second-order valence-electron chi connectivity index (χ2n) is 5.58. The Morgan fingerprint density at radius 1 is 1.32 bits per heavy atom. The highest BCUT2D eigenvalue weighted by Gasteiger charge is 2.23. The lowest BCUT2D eigenvalue weighted by Gasteiger charge is -2.29. The van der Waals surface area contributed by atoms with Crippen LogP contribution in [0.25, 0.3) is 0 Å². The minimum absolute atomic E-state index is 0.0146. The third-order valence-corrected chi connectivity index (χ3v) is 4.12. The molecule has 2 heterocycles. The van der Waals surface area contributed by atoms with E-state index in [0.717, 1.165) is 0 Å². The summed E-state index contributed by atoms with van der Waals surface area (Å²) in [7, 11) is 0. The van der Waals surface area contributed by atoms with Gasteiger partial charge >= 0.3 is 6.09 Å². The fourth-order valence-corrected chi connectivity index (χ4v) is 2.71. The van der Waals surface area contributed by atoms with Crippen molar-refractivity contribution in [3.05, 3.63) is 41.4 Å². The number of benzene rings is 1. The number of carbonyl (C=O) groups is 1. The van der Waals surface area contributed by atoms with Crippen LogP contribution in [0, 0.1) is 5.82 Å². The highest BCUT2D eigenvalue weighted by atomic mass is 35.5. The predicted octanol–water partition coefficient (Wildman–Crippen LogP) is 3.53. The molecule has 0 radical (unpaired) electrons. The van der Waals surface area contributed by atoms with Gasteiger partial charge in [0.1, 0.15) is 24.1 Å². The summed E-state index contributed by atoms with van der Waals surface area (Å²) < 4.78 is 19.0. The van der Waals surface area contributed by atoms with E-state index in [0.29, 0.717) is 43.3 Å². The van der Waals surface area contributed by atoms with Crippen LogP contribution < -0.4 is 10.1 Å². The first-order valence-corrected chi connectivity index (χ1v) is 8.08. The molecule has 3 rings (SSSR count). The number of nitrogens with zero attached hydrogens (tertiary/aromatic N) is 3. The van der Waals surface area contributed by atoms with Crippen LogP contribution in [0.15, 0.2) is 30.6 Å². The van der Waals surface area contributed by atoms with Crippen molar-refractivity contribution in [3.63, 3.8) is 0 Å². The first-order valence-electron chi connectivity index (χ1n) is 7.70. The van der Waals surface area contributed by atoms with Gasteiger partial charge in [-0.25, -0.2) is 19.2 Å². The van der Waals surface area contributed by atoms with Gasteiger partial charge in [0.25, 0.3) is 0 Å². The number of rotatable bonds is 4. The summed E-state index contributed by atoms with van der Waals surface area (Å²) in [6.07, 6.45) is 1.55. The quantitative estimate of drug-likeness (QED) is 0.860. The number of likely N-dealkylation sites (tertiary alicyclic amines) is 1. The number of anilines is 2. The van der Waals surface area contributed by atoms with E-state index in [4.69, 9.17) is 21.4 Å². The van der Waals surface area contributed by atoms with Crippen molar-refractivity contribution < 1.29 is 19.0 Å². The van der Waals surface area contributed by atoms with Crippen LogP contribution in [-0.4, -0.2) is 45.3 Å². The van der Waals surface area contributed by atoms with Gasteiger partial charge in [0.05, 0.1) is 5.02 Å². The van der Waals surface area contributed by atoms with Crippen LogP contribution in [0.5, 0.6) is 5.88 Å². The molecular weight excluding hydrogens is 351 g/mol. The van der Waals surface area contributed by atoms with Crippen molar-refractivity contribution in [2.75, 3.05) is 18.4 Å². The van der Waals surface area contributed by atoms with Gasteiger partial charge in [0, 0.05) is 37.7 Å². The van der Waals surface area contributed by atoms with Crippen LogP contribution >= 0.6 is 11.6 Å². The first kappa shape index (κ1) is 17.2. The van der Waals surface area contributed by atoms with E-state index in [2.05, 4.69) is 15.3 Å². The van der Waals surface area contributed by atoms with E-state index in [1.165, 1.54) is 23.4 Å². The number of nitrogens with one attached hydrogen (secondary N) is 1. The molecule has 0 bridgehead atoms. The summed E-state index contributed by atoms with van der Waals surface area (Å²) in [5, 5.41) is 12.0. The zero-order valence-electron chi connectivity index (χ0n) is 13.2. The maximum Gasteiger partial charge on any atom is 0.407 e. The predicted molar refractivity (Wildman–Crippen MR) is 90.0 cm³/mol. The Labute approximate surface area is 148 Å². The molecule has 0 unspecified atom stereocenters. The van der Waals surface area contributed by atoms with Crippen molar-refractivity contribution in [1.29, 1.82) is 0 Å². The molecular formula is C16H16ClFN4O3. The Morgan fingerprint density at radius 2 is 2.08 bits per heavy atom. The molecule has 1 aromatic heterocycles. The summed E-state index contributed by atoms with van der Waals surface area (Å²) in [4.78, 5) is 20.4. The maximum absolute atomic E-state index is 13.2. The average Bonchev–Trinajstić information content (AvgIpc) is 2.59. The highest BCUT2D eigenvalue weighted by Crippen LogP contribution is 2.24. The standard InChI is InChI=1S/C16H16ClFN4O3/c17-12-7-10(1-2-13(12)18)21-14-8-15(20-9-19-14)25-11-3-5-22(6-4-11)16(23)24/h1-2,7-9,11H,3-6H2,(H,23,24)(H,19,20,21). The summed E-state index contributed by atoms with van der Waals surface area (Å²) in [5.74, 6) is 0.377. The molecule has 1 aromatic carbocycles. The Bertz CT molecular complexity index is 769. The van der Waals surface area contributed by atoms with Gasteiger partial charge in [0.15, 0.2) is 0 Å². The van der Waals surface area contributed by atoms with Gasteiger partial charge in [-0.2, -0.15) is 0 Å². The van der Waals surface area contributed by atoms with Gasteiger partial charge in [-0.1, -0.05) is 11.6 Å². The molecule has 1 saturated heterocycles. The van der Waals surface area contributed by atoms with Crippen LogP contribution in [0.3, 0.4) is 0 Å². The molecule has 2 aromatic rings. The number of carboxylic acid groups (broad SMARTS) is 1. The molecule has 0 spiro atoms. The molecule has 1 aliphatic rings. The SMILES string of the molecule is O=C(O)N1CCC(Oc2cc(Nc3ccc(F)c(Cl)c3)ncn2)CC1. The summed E-state index contributed by atoms with van der Waals surface area (Å²) in [6, 6.07) is 5.90. The maximum atomic E-state index is 13.2. The Hall–Kier alpha value is -2.61. The monoisotopic (exact) mass is 366 g/mol. The number of hydrogen-bond acceptors (Lipinski definition) is 5. The number of piperidine rings is 1. The van der Waals surface area contributed by atoms with Crippen molar-refractivity contribution in [1.82, 2.24) is 14.9 Å². The fraction of sp³-hybridized carbons (Fsp3) is 0.312. The Balaban J connectivity index is 1.62. The summed E-state index contributed by atoms with van der Waals surface area (Å²) in [5.41, 5.74) is 0.589. The third kappa shape index (κ3) is 4.48. The van der Waals surface area contributed by atoms with Gasteiger partial charge in [0.2, 0.25) is 5.88 Å². The molecule has 7 nitrogen and oxygen atoms in total. The Kier molecular flexibility index (Phi) is 5.18. The normalized spacial score (nSPS) is 15.0. The minimum Gasteiger partial charge on any atom is -0.474 e. The van der Waals surface area contributed by atoms with Crippen LogP contribution in [0.2, 0.25) is 5.02 Å². The van der Waals surface area contributed by atoms with E-state index >= 15 is 0 Å². The molecule has 9 heteroatoms. The van der Waals surface area contributed by atoms with Crippen molar-refractivity contribution in [2.45, 2.75) is 18.9 Å². The molecule has 1 aliphatic heterocycles. The Morgan fingerprint density at radius 3 is 2.76 bits per heavy atom. The van der Waals surface area contributed by atoms with E-state index in [1.54, 1.807) is 12.1 Å². The number of amides is 1. The van der Waals surface area contributed by atoms with Crippen LogP contribution in [0.4, 0.5) is 20.7 Å². The average molecular weight is 367 g/mol. The van der Waals surface area contributed by atoms with Crippen molar-refractivity contribution >= 4 is 29.2 Å². The summed E-state index contributed by atoms with van der Waals surface area (Å²) >= 11 is 5.76. The van der Waals surface area contributed by atoms with Crippen LogP contribution in [-0.2, 0) is 0 Å². The lowest BCUT2D eigenvalue weighted by molar-refractivity contribution is 0.0870. The van der Waals surface area contributed by atoms with E-state index < -0.39 is 11.9 Å². The van der Waals surface area contributed by atoms with Crippen LogP contribution in [0.1, 0.15) is 12.8 Å². The molecule has 1 amide bonds.